The lowest BCUT2D eigenvalue weighted by Gasteiger charge is -2.25. The summed E-state index contributed by atoms with van der Waals surface area (Å²) in [5, 5.41) is 2.58. The van der Waals surface area contributed by atoms with Crippen LogP contribution in [0.5, 0.6) is 0 Å². The van der Waals surface area contributed by atoms with Gasteiger partial charge in [0.25, 0.3) is 0 Å². The zero-order chi connectivity index (χ0) is 36.7. The van der Waals surface area contributed by atoms with Crippen LogP contribution >= 0.6 is 0 Å². The van der Waals surface area contributed by atoms with Gasteiger partial charge in [-0.15, -0.1) is 6.58 Å². The summed E-state index contributed by atoms with van der Waals surface area (Å²) in [6, 6.07) is 50.7. The predicted molar refractivity (Wildman–Crippen MR) is 234 cm³/mol. The van der Waals surface area contributed by atoms with Gasteiger partial charge < -0.3 is 9.47 Å². The summed E-state index contributed by atoms with van der Waals surface area (Å²) in [5.74, 6) is 0. The summed E-state index contributed by atoms with van der Waals surface area (Å²) in [6.45, 7) is 13.7. The Morgan fingerprint density at radius 3 is 2.02 bits per heavy atom. The second-order valence-corrected chi connectivity index (χ2v) is 13.1. The van der Waals surface area contributed by atoms with Crippen molar-refractivity contribution in [2.75, 3.05) is 4.90 Å². The van der Waals surface area contributed by atoms with Gasteiger partial charge in [0.1, 0.15) is 0 Å². The Morgan fingerprint density at radius 1 is 0.623 bits per heavy atom. The van der Waals surface area contributed by atoms with Crippen LogP contribution in [0.25, 0.3) is 61.4 Å². The van der Waals surface area contributed by atoms with E-state index in [1.807, 2.05) is 20.8 Å². The van der Waals surface area contributed by atoms with Gasteiger partial charge in [0.05, 0.1) is 16.7 Å². The largest absolute Gasteiger partial charge is 0.317 e. The van der Waals surface area contributed by atoms with Crippen molar-refractivity contribution in [3.05, 3.63) is 200 Å². The van der Waals surface area contributed by atoms with Crippen LogP contribution in [-0.4, -0.2) is 4.57 Å². The monoisotopic (exact) mass is 688 g/mol. The average molecular weight is 689 g/mol. The molecule has 1 aliphatic heterocycles. The van der Waals surface area contributed by atoms with Crippen molar-refractivity contribution in [1.29, 1.82) is 0 Å². The summed E-state index contributed by atoms with van der Waals surface area (Å²) < 4.78 is 2.48. The third-order valence-electron chi connectivity index (χ3n) is 9.82. The molecule has 2 heteroatoms. The number of allylic oxidation sites excluding steroid dienone is 6. The third kappa shape index (κ3) is 6.97. The van der Waals surface area contributed by atoms with Gasteiger partial charge in [-0.2, -0.15) is 0 Å². The molecule has 0 unspecified atom stereocenters. The molecule has 0 amide bonds. The molecule has 9 rings (SSSR count). The summed E-state index contributed by atoms with van der Waals surface area (Å²) in [5.41, 5.74) is 15.8. The number of fused-ring (bicyclic) bond motifs is 5. The van der Waals surface area contributed by atoms with E-state index in [0.29, 0.717) is 0 Å². The molecule has 6 aromatic carbocycles. The molecule has 1 aromatic heterocycles. The normalized spacial score (nSPS) is 14.3. The zero-order valence-electron chi connectivity index (χ0n) is 31.0. The second-order valence-electron chi connectivity index (χ2n) is 13.1. The Hall–Kier alpha value is -6.38. The van der Waals surface area contributed by atoms with E-state index in [1.165, 1.54) is 60.9 Å². The van der Waals surface area contributed by atoms with Crippen molar-refractivity contribution >= 4 is 50.5 Å². The number of benzene rings is 6. The smallest absolute Gasteiger partial charge is 0.0538 e. The highest BCUT2D eigenvalue weighted by Gasteiger charge is 2.19. The van der Waals surface area contributed by atoms with Crippen LogP contribution in [0.3, 0.4) is 0 Å². The van der Waals surface area contributed by atoms with E-state index in [2.05, 4.69) is 193 Å². The lowest BCUT2D eigenvalue weighted by atomic mass is 9.95. The highest BCUT2D eigenvalue weighted by molar-refractivity contribution is 6.12. The molecule has 7 aromatic rings. The van der Waals surface area contributed by atoms with Crippen molar-refractivity contribution < 1.29 is 1.43 Å². The summed E-state index contributed by atoms with van der Waals surface area (Å²) in [4.78, 5) is 2.23. The molecule has 0 spiro atoms. The highest BCUT2D eigenvalue weighted by Crippen LogP contribution is 2.40. The molecule has 0 saturated heterocycles. The van der Waals surface area contributed by atoms with Crippen molar-refractivity contribution in [2.24, 2.45) is 0 Å². The summed E-state index contributed by atoms with van der Waals surface area (Å²) >= 11 is 0. The third-order valence-corrected chi connectivity index (χ3v) is 9.82. The van der Waals surface area contributed by atoms with E-state index in [9.17, 15) is 0 Å². The number of hydrogen-bond donors (Lipinski definition) is 0. The first-order chi connectivity index (χ1) is 26.1. The fraction of sp³-hybridized carbons (Fsp3) is 0.0980. The van der Waals surface area contributed by atoms with Crippen LogP contribution < -0.4 is 4.90 Å². The molecule has 2 nitrogen and oxygen atoms in total. The topological polar surface area (TPSA) is 8.17 Å². The molecule has 0 fully saturated rings. The van der Waals surface area contributed by atoms with Gasteiger partial charge in [0.2, 0.25) is 0 Å². The quantitative estimate of drug-likeness (QED) is 0.167. The van der Waals surface area contributed by atoms with Crippen LogP contribution in [-0.2, 0) is 6.42 Å². The van der Waals surface area contributed by atoms with Crippen LogP contribution in [0.2, 0.25) is 0 Å². The second kappa shape index (κ2) is 15.9. The lowest BCUT2D eigenvalue weighted by molar-refractivity contribution is 0.947. The SMILES string of the molecule is C=C1/C=C\C=C/N(c2ccccc2)c2ccc(-c3ccc(-c4ccc5c(c4)c4ccccc4n5C4=Cc5ccccc5CC4)cc3)cc21.C=CC.CC.[HH]. The van der Waals surface area contributed by atoms with Crippen LogP contribution in [0.1, 0.15) is 45.3 Å². The Kier molecular flexibility index (Phi) is 10.5. The lowest BCUT2D eigenvalue weighted by Crippen LogP contribution is -2.11. The Labute approximate surface area is 316 Å². The zero-order valence-corrected chi connectivity index (χ0v) is 31.0. The van der Waals surface area contributed by atoms with Gasteiger partial charge >= 0.3 is 0 Å². The standard InChI is InChI=1S/C46H34N2.C3H6.C2H6.H2/c1-32-11-9-10-28-47(39-14-3-2-4-15-39)44-26-23-37(30-42(32)44)34-18-20-35(21-19-34)38-24-27-46-43(31-38)41-16-7-8-17-45(41)48(46)40-25-22-33-12-5-6-13-36(33)29-40;1-3-2;1-2;/h2-21,23-24,26-31H,1,22,25H2;3H,1H2,2H3;1-2H3;1H/b11-9-,28-10-;;;. The van der Waals surface area contributed by atoms with E-state index in [0.717, 1.165) is 35.4 Å². The van der Waals surface area contributed by atoms with E-state index in [-0.39, 0.29) is 1.43 Å². The molecular weight excluding hydrogens is 641 g/mol. The van der Waals surface area contributed by atoms with Gasteiger partial charge in [0.15, 0.2) is 0 Å². The minimum Gasteiger partial charge on any atom is -0.317 e. The molecule has 2 heterocycles. The first-order valence-electron chi connectivity index (χ1n) is 18.7. The first kappa shape index (κ1) is 35.0. The first-order valence-corrected chi connectivity index (χ1v) is 18.7. The molecule has 1 aliphatic carbocycles. The molecule has 53 heavy (non-hydrogen) atoms. The number of aryl methyl sites for hydroxylation is 1. The van der Waals surface area contributed by atoms with Crippen molar-refractivity contribution in [1.82, 2.24) is 4.57 Å². The van der Waals surface area contributed by atoms with Gasteiger partial charge in [-0.05, 0) is 113 Å². The minimum atomic E-state index is 0. The minimum absolute atomic E-state index is 0. The number of nitrogens with zero attached hydrogens (tertiary/aromatic N) is 2. The van der Waals surface area contributed by atoms with Gasteiger partial charge in [-0.3, -0.25) is 0 Å². The average Bonchev–Trinajstić information content (AvgIpc) is 3.55. The fourth-order valence-electron chi connectivity index (χ4n) is 7.38. The Morgan fingerprint density at radius 2 is 1.25 bits per heavy atom. The van der Waals surface area contributed by atoms with E-state index in [4.69, 9.17) is 0 Å². The van der Waals surface area contributed by atoms with E-state index in [1.54, 1.807) is 6.08 Å². The number of para-hydroxylation sites is 2. The molecule has 0 N–H and O–H groups in total. The maximum atomic E-state index is 4.41. The molecular formula is C51H48N2. The van der Waals surface area contributed by atoms with Gasteiger partial charge in [0, 0.05) is 35.3 Å². The van der Waals surface area contributed by atoms with Crippen molar-refractivity contribution in [2.45, 2.75) is 33.6 Å². The van der Waals surface area contributed by atoms with Gasteiger partial charge in [-0.1, -0.05) is 136 Å². The number of rotatable bonds is 4. The molecule has 0 saturated carbocycles. The Balaban J connectivity index is 0.000000792. The molecule has 262 valence electrons. The number of hydrogen-bond acceptors (Lipinski definition) is 1. The van der Waals surface area contributed by atoms with E-state index >= 15 is 0 Å². The van der Waals surface area contributed by atoms with E-state index < -0.39 is 0 Å². The van der Waals surface area contributed by atoms with Crippen LogP contribution in [0.4, 0.5) is 11.4 Å². The highest BCUT2D eigenvalue weighted by atomic mass is 15.1. The number of anilines is 2. The van der Waals surface area contributed by atoms with Crippen LogP contribution in [0, 0.1) is 0 Å². The number of aromatic nitrogens is 1. The molecule has 0 atom stereocenters. The maximum Gasteiger partial charge on any atom is 0.0538 e. The molecule has 0 radical (unpaired) electrons. The summed E-state index contributed by atoms with van der Waals surface area (Å²) in [7, 11) is 0. The summed E-state index contributed by atoms with van der Waals surface area (Å²) in [6.07, 6.45) is 14.5. The van der Waals surface area contributed by atoms with Gasteiger partial charge in [-0.25, -0.2) is 0 Å². The maximum absolute atomic E-state index is 4.41. The molecule has 2 aliphatic rings. The fourth-order valence-corrected chi connectivity index (χ4v) is 7.38. The molecule has 0 bridgehead atoms. The van der Waals surface area contributed by atoms with Crippen molar-refractivity contribution in [3.8, 4) is 22.3 Å². The van der Waals surface area contributed by atoms with Crippen molar-refractivity contribution in [3.63, 3.8) is 0 Å². The Bertz CT molecular complexity index is 2510. The predicted octanol–water partition coefficient (Wildman–Crippen LogP) is 14.8. The van der Waals surface area contributed by atoms with Crippen LogP contribution in [0.15, 0.2) is 183 Å².